The molecule has 114 valence electrons. The van der Waals surface area contributed by atoms with Crippen LogP contribution in [0.1, 0.15) is 19.3 Å². The second kappa shape index (κ2) is 7.47. The van der Waals surface area contributed by atoms with Crippen LogP contribution in [-0.2, 0) is 9.59 Å². The van der Waals surface area contributed by atoms with Gasteiger partial charge in [-0.15, -0.1) is 0 Å². The molecule has 1 heterocycles. The minimum atomic E-state index is -0.489. The van der Waals surface area contributed by atoms with Crippen molar-refractivity contribution >= 4 is 35.0 Å². The fourth-order valence-electron chi connectivity index (χ4n) is 2.26. The highest BCUT2D eigenvalue weighted by Crippen LogP contribution is 2.23. The van der Waals surface area contributed by atoms with Crippen molar-refractivity contribution in [2.75, 3.05) is 28.8 Å². The predicted octanol–water partition coefficient (Wildman–Crippen LogP) is 1.83. The van der Waals surface area contributed by atoms with Gasteiger partial charge >= 0.3 is 0 Å². The Labute approximate surface area is 129 Å². The third kappa shape index (κ3) is 4.22. The fraction of sp³-hybridized carbons (Fsp3) is 0.467. The molecule has 2 amide bonds. The van der Waals surface area contributed by atoms with E-state index in [1.807, 2.05) is 18.4 Å². The zero-order chi connectivity index (χ0) is 15.2. The van der Waals surface area contributed by atoms with Crippen LogP contribution in [0.5, 0.6) is 0 Å². The van der Waals surface area contributed by atoms with E-state index >= 15 is 0 Å². The van der Waals surface area contributed by atoms with Gasteiger partial charge in [-0.2, -0.15) is 11.8 Å². The smallest absolute Gasteiger partial charge is 0.241 e. The summed E-state index contributed by atoms with van der Waals surface area (Å²) in [5, 5.41) is 2.80. The number of carbonyl (C=O) groups is 2. The summed E-state index contributed by atoms with van der Waals surface area (Å²) < 4.78 is 0. The Bertz CT molecular complexity index is 504. The highest BCUT2D eigenvalue weighted by molar-refractivity contribution is 7.98. The topological polar surface area (TPSA) is 75.4 Å². The summed E-state index contributed by atoms with van der Waals surface area (Å²) in [5.74, 6) is 0.852. The fourth-order valence-corrected chi connectivity index (χ4v) is 2.75. The summed E-state index contributed by atoms with van der Waals surface area (Å²) in [6, 6.07) is 6.83. The highest BCUT2D eigenvalue weighted by atomic mass is 32.2. The average Bonchev–Trinajstić information content (AvgIpc) is 2.91. The lowest BCUT2D eigenvalue weighted by molar-refractivity contribution is -0.118. The second-order valence-electron chi connectivity index (χ2n) is 5.07. The lowest BCUT2D eigenvalue weighted by Crippen LogP contribution is -2.36. The van der Waals surface area contributed by atoms with E-state index in [0.29, 0.717) is 18.5 Å². The minimum absolute atomic E-state index is 0.158. The Morgan fingerprint density at radius 3 is 2.71 bits per heavy atom. The van der Waals surface area contributed by atoms with Crippen LogP contribution in [0.3, 0.4) is 0 Å². The van der Waals surface area contributed by atoms with Crippen molar-refractivity contribution < 1.29 is 9.59 Å². The van der Waals surface area contributed by atoms with Crippen molar-refractivity contribution in [2.45, 2.75) is 25.3 Å². The average molecular weight is 307 g/mol. The van der Waals surface area contributed by atoms with E-state index in [1.54, 1.807) is 28.8 Å². The molecule has 1 aliphatic rings. The van der Waals surface area contributed by atoms with Crippen LogP contribution in [0.2, 0.25) is 0 Å². The molecule has 1 aromatic carbocycles. The van der Waals surface area contributed by atoms with Gasteiger partial charge in [0.1, 0.15) is 0 Å². The Morgan fingerprint density at radius 2 is 2.14 bits per heavy atom. The van der Waals surface area contributed by atoms with Gasteiger partial charge in [-0.3, -0.25) is 9.59 Å². The van der Waals surface area contributed by atoms with Crippen LogP contribution in [0, 0.1) is 0 Å². The lowest BCUT2D eigenvalue weighted by atomic mass is 10.2. The quantitative estimate of drug-likeness (QED) is 0.841. The number of hydrogen-bond donors (Lipinski definition) is 2. The second-order valence-corrected chi connectivity index (χ2v) is 6.06. The van der Waals surface area contributed by atoms with Crippen LogP contribution >= 0.6 is 11.8 Å². The number of rotatable bonds is 6. The van der Waals surface area contributed by atoms with Crippen molar-refractivity contribution in [1.29, 1.82) is 0 Å². The van der Waals surface area contributed by atoms with Gasteiger partial charge in [0.15, 0.2) is 0 Å². The first-order chi connectivity index (χ1) is 10.1. The van der Waals surface area contributed by atoms with E-state index in [0.717, 1.165) is 24.4 Å². The zero-order valence-electron chi connectivity index (χ0n) is 12.2. The van der Waals surface area contributed by atoms with Crippen molar-refractivity contribution in [3.05, 3.63) is 24.3 Å². The summed E-state index contributed by atoms with van der Waals surface area (Å²) in [6.07, 6.45) is 4.17. The van der Waals surface area contributed by atoms with Gasteiger partial charge in [-0.25, -0.2) is 0 Å². The van der Waals surface area contributed by atoms with Crippen molar-refractivity contribution in [3.63, 3.8) is 0 Å². The molecule has 1 atom stereocenters. The Morgan fingerprint density at radius 1 is 1.43 bits per heavy atom. The number of benzene rings is 1. The molecule has 3 N–H and O–H groups in total. The number of nitrogens with zero attached hydrogens (tertiary/aromatic N) is 1. The molecule has 0 unspecified atom stereocenters. The van der Waals surface area contributed by atoms with Crippen LogP contribution in [0.25, 0.3) is 0 Å². The molecule has 0 radical (unpaired) electrons. The number of nitrogens with two attached hydrogens (primary N) is 1. The van der Waals surface area contributed by atoms with Gasteiger partial charge in [0.25, 0.3) is 0 Å². The summed E-state index contributed by atoms with van der Waals surface area (Å²) in [6.45, 7) is 0.768. The number of hydrogen-bond acceptors (Lipinski definition) is 4. The first-order valence-corrected chi connectivity index (χ1v) is 8.47. The molecular weight excluding hydrogens is 286 g/mol. The maximum atomic E-state index is 11.9. The van der Waals surface area contributed by atoms with E-state index < -0.39 is 6.04 Å². The molecule has 6 heteroatoms. The normalized spacial score (nSPS) is 16.1. The first-order valence-electron chi connectivity index (χ1n) is 7.07. The molecule has 0 bridgehead atoms. The number of carbonyl (C=O) groups excluding carboxylic acids is 2. The Balaban J connectivity index is 1.93. The molecule has 2 rings (SSSR count). The Kier molecular flexibility index (Phi) is 5.64. The summed E-state index contributed by atoms with van der Waals surface area (Å²) in [7, 11) is 0. The van der Waals surface area contributed by atoms with Gasteiger partial charge in [0.2, 0.25) is 11.8 Å². The molecule has 1 aliphatic heterocycles. The van der Waals surface area contributed by atoms with Gasteiger partial charge in [0, 0.05) is 24.3 Å². The summed E-state index contributed by atoms with van der Waals surface area (Å²) >= 11 is 1.67. The number of nitrogens with one attached hydrogen (secondary N) is 1. The van der Waals surface area contributed by atoms with Crippen LogP contribution in [0.4, 0.5) is 11.4 Å². The van der Waals surface area contributed by atoms with Crippen molar-refractivity contribution in [2.24, 2.45) is 5.73 Å². The van der Waals surface area contributed by atoms with E-state index in [9.17, 15) is 9.59 Å². The summed E-state index contributed by atoms with van der Waals surface area (Å²) in [5.41, 5.74) is 7.40. The van der Waals surface area contributed by atoms with Gasteiger partial charge in [-0.1, -0.05) is 0 Å². The van der Waals surface area contributed by atoms with Crippen LogP contribution < -0.4 is 16.0 Å². The minimum Gasteiger partial charge on any atom is -0.325 e. The van der Waals surface area contributed by atoms with Gasteiger partial charge in [0.05, 0.1) is 6.04 Å². The third-order valence-corrected chi connectivity index (χ3v) is 4.13. The third-order valence-electron chi connectivity index (χ3n) is 3.49. The molecule has 0 aromatic heterocycles. The molecule has 0 aliphatic carbocycles. The lowest BCUT2D eigenvalue weighted by Gasteiger charge is -2.16. The first kappa shape index (κ1) is 15.9. The molecule has 0 saturated carbocycles. The zero-order valence-corrected chi connectivity index (χ0v) is 13.0. The van der Waals surface area contributed by atoms with E-state index in [1.165, 1.54) is 0 Å². The van der Waals surface area contributed by atoms with Crippen molar-refractivity contribution in [3.8, 4) is 0 Å². The Hall–Kier alpha value is -1.53. The van der Waals surface area contributed by atoms with Crippen LogP contribution in [-0.4, -0.2) is 36.4 Å². The monoisotopic (exact) mass is 307 g/mol. The maximum absolute atomic E-state index is 11.9. The molecule has 1 fully saturated rings. The standard InChI is InChI=1S/C15H21N3O2S/c1-21-10-8-13(16)15(20)17-11-4-6-12(7-5-11)18-9-2-3-14(18)19/h4-7,13H,2-3,8-10,16H2,1H3,(H,17,20)/t13-/m1/s1. The largest absolute Gasteiger partial charge is 0.325 e. The summed E-state index contributed by atoms with van der Waals surface area (Å²) in [4.78, 5) is 25.3. The number of thioether (sulfide) groups is 1. The molecule has 21 heavy (non-hydrogen) atoms. The van der Waals surface area contributed by atoms with E-state index in [-0.39, 0.29) is 11.8 Å². The maximum Gasteiger partial charge on any atom is 0.241 e. The predicted molar refractivity (Wildman–Crippen MR) is 87.6 cm³/mol. The highest BCUT2D eigenvalue weighted by Gasteiger charge is 2.21. The molecule has 5 nitrogen and oxygen atoms in total. The molecule has 1 aromatic rings. The number of anilines is 2. The van der Waals surface area contributed by atoms with Crippen LogP contribution in [0.15, 0.2) is 24.3 Å². The van der Waals surface area contributed by atoms with E-state index in [4.69, 9.17) is 5.73 Å². The van der Waals surface area contributed by atoms with E-state index in [2.05, 4.69) is 5.32 Å². The molecule has 1 saturated heterocycles. The molecular formula is C15H21N3O2S. The number of amides is 2. The van der Waals surface area contributed by atoms with Gasteiger partial charge < -0.3 is 16.0 Å². The molecule has 0 spiro atoms. The SMILES string of the molecule is CSCC[C@@H](N)C(=O)Nc1ccc(N2CCCC2=O)cc1. The van der Waals surface area contributed by atoms with Crippen molar-refractivity contribution in [1.82, 2.24) is 0 Å². The van der Waals surface area contributed by atoms with Gasteiger partial charge in [-0.05, 0) is 49.1 Å².